The van der Waals surface area contributed by atoms with E-state index in [-0.39, 0.29) is 30.0 Å². The van der Waals surface area contributed by atoms with Gasteiger partial charge in [-0.15, -0.1) is 0 Å². The van der Waals surface area contributed by atoms with E-state index < -0.39 is 9.84 Å². The van der Waals surface area contributed by atoms with E-state index in [0.29, 0.717) is 29.4 Å². The molecule has 0 saturated carbocycles. The van der Waals surface area contributed by atoms with Crippen LogP contribution >= 0.6 is 11.6 Å². The standard InChI is InChI=1S/C22H26ClNO4S/c1-2-3-12-28-20-9-6-8-17(14-20)22(25)24(19-11-13-29(26,27)16-19)15-18-7-4-5-10-21(18)23/h4-10,14,19H,2-3,11-13,15-16H2,1H3. The van der Waals surface area contributed by atoms with E-state index in [0.717, 1.165) is 18.4 Å². The van der Waals surface area contributed by atoms with Gasteiger partial charge in [0.05, 0.1) is 18.1 Å². The molecule has 1 atom stereocenters. The van der Waals surface area contributed by atoms with Gasteiger partial charge in [0.15, 0.2) is 9.84 Å². The van der Waals surface area contributed by atoms with Gasteiger partial charge in [0.1, 0.15) is 5.75 Å². The number of benzene rings is 2. The van der Waals surface area contributed by atoms with Crippen LogP contribution in [0.1, 0.15) is 42.1 Å². The molecule has 0 bridgehead atoms. The Morgan fingerprint density at radius 2 is 2.00 bits per heavy atom. The molecular weight excluding hydrogens is 410 g/mol. The second-order valence-corrected chi connectivity index (χ2v) is 9.95. The van der Waals surface area contributed by atoms with Crippen molar-refractivity contribution in [3.63, 3.8) is 0 Å². The summed E-state index contributed by atoms with van der Waals surface area (Å²) in [6.45, 7) is 2.95. The summed E-state index contributed by atoms with van der Waals surface area (Å²) in [6, 6.07) is 14.0. The fraction of sp³-hybridized carbons (Fsp3) is 0.409. The molecule has 0 spiro atoms. The smallest absolute Gasteiger partial charge is 0.254 e. The maximum Gasteiger partial charge on any atom is 0.254 e. The predicted molar refractivity (Wildman–Crippen MR) is 115 cm³/mol. The number of hydrogen-bond acceptors (Lipinski definition) is 4. The van der Waals surface area contributed by atoms with Crippen molar-refractivity contribution in [2.75, 3.05) is 18.1 Å². The zero-order chi connectivity index (χ0) is 20.9. The van der Waals surface area contributed by atoms with Crippen LogP contribution in [-0.4, -0.2) is 43.4 Å². The first kappa shape index (κ1) is 21.7. The number of hydrogen-bond donors (Lipinski definition) is 0. The summed E-state index contributed by atoms with van der Waals surface area (Å²) in [5.41, 5.74) is 1.28. The molecule has 0 aromatic heterocycles. The molecule has 3 rings (SSSR count). The molecule has 2 aromatic carbocycles. The highest BCUT2D eigenvalue weighted by atomic mass is 35.5. The lowest BCUT2D eigenvalue weighted by Crippen LogP contribution is -2.40. The fourth-order valence-corrected chi connectivity index (χ4v) is 5.34. The lowest BCUT2D eigenvalue weighted by Gasteiger charge is -2.29. The minimum atomic E-state index is -3.13. The van der Waals surface area contributed by atoms with Gasteiger partial charge in [-0.25, -0.2) is 8.42 Å². The van der Waals surface area contributed by atoms with Crippen molar-refractivity contribution in [3.8, 4) is 5.75 Å². The van der Waals surface area contributed by atoms with Crippen LogP contribution in [0.15, 0.2) is 48.5 Å². The number of unbranched alkanes of at least 4 members (excludes halogenated alkanes) is 1. The maximum atomic E-state index is 13.4. The summed E-state index contributed by atoms with van der Waals surface area (Å²) in [4.78, 5) is 15.0. The molecule has 7 heteroatoms. The summed E-state index contributed by atoms with van der Waals surface area (Å²) in [5, 5.41) is 0.558. The number of halogens is 1. The van der Waals surface area contributed by atoms with Gasteiger partial charge in [-0.05, 0) is 42.7 Å². The Hall–Kier alpha value is -2.05. The van der Waals surface area contributed by atoms with Crippen molar-refractivity contribution in [1.82, 2.24) is 4.90 Å². The third-order valence-electron chi connectivity index (χ3n) is 5.06. The minimum Gasteiger partial charge on any atom is -0.494 e. The molecule has 1 aliphatic rings. The quantitative estimate of drug-likeness (QED) is 0.578. The van der Waals surface area contributed by atoms with Crippen LogP contribution in [0.25, 0.3) is 0 Å². The largest absolute Gasteiger partial charge is 0.494 e. The average molecular weight is 436 g/mol. The van der Waals surface area contributed by atoms with Crippen LogP contribution in [-0.2, 0) is 16.4 Å². The summed E-state index contributed by atoms with van der Waals surface area (Å²) in [7, 11) is -3.13. The first-order chi connectivity index (χ1) is 13.9. The van der Waals surface area contributed by atoms with Crippen LogP contribution in [0, 0.1) is 0 Å². The minimum absolute atomic E-state index is 0.0180. The zero-order valence-electron chi connectivity index (χ0n) is 16.5. The average Bonchev–Trinajstić information content (AvgIpc) is 3.07. The van der Waals surface area contributed by atoms with Crippen molar-refractivity contribution in [1.29, 1.82) is 0 Å². The van der Waals surface area contributed by atoms with Crippen molar-refractivity contribution in [2.24, 2.45) is 0 Å². The van der Waals surface area contributed by atoms with E-state index >= 15 is 0 Å². The SMILES string of the molecule is CCCCOc1cccc(C(=O)N(Cc2ccccc2Cl)C2CCS(=O)(=O)C2)c1. The third-order valence-corrected chi connectivity index (χ3v) is 7.18. The molecule has 156 valence electrons. The monoisotopic (exact) mass is 435 g/mol. The molecule has 1 unspecified atom stereocenters. The van der Waals surface area contributed by atoms with Crippen LogP contribution in [0.5, 0.6) is 5.75 Å². The highest BCUT2D eigenvalue weighted by molar-refractivity contribution is 7.91. The van der Waals surface area contributed by atoms with E-state index in [9.17, 15) is 13.2 Å². The van der Waals surface area contributed by atoms with E-state index in [1.807, 2.05) is 24.3 Å². The van der Waals surface area contributed by atoms with Crippen LogP contribution in [0.4, 0.5) is 0 Å². The van der Waals surface area contributed by atoms with Gasteiger partial charge in [0.25, 0.3) is 5.91 Å². The number of carbonyl (C=O) groups is 1. The third kappa shape index (κ3) is 5.73. The Balaban J connectivity index is 1.86. The summed E-state index contributed by atoms with van der Waals surface area (Å²) in [5.74, 6) is 0.508. The number of amides is 1. The molecular formula is C22H26ClNO4S. The molecule has 5 nitrogen and oxygen atoms in total. The molecule has 2 aromatic rings. The molecule has 1 saturated heterocycles. The molecule has 1 amide bonds. The van der Waals surface area contributed by atoms with E-state index in [4.69, 9.17) is 16.3 Å². The van der Waals surface area contributed by atoms with Crippen molar-refractivity contribution >= 4 is 27.3 Å². The second-order valence-electron chi connectivity index (χ2n) is 7.31. The predicted octanol–water partition coefficient (Wildman–Crippen LogP) is 4.35. The first-order valence-electron chi connectivity index (χ1n) is 9.87. The van der Waals surface area contributed by atoms with Gasteiger partial charge < -0.3 is 9.64 Å². The fourth-order valence-electron chi connectivity index (χ4n) is 3.42. The number of carbonyl (C=O) groups excluding carboxylic acids is 1. The van der Waals surface area contributed by atoms with Crippen LogP contribution in [0.2, 0.25) is 5.02 Å². The Labute approximate surface area is 177 Å². The number of sulfone groups is 1. The lowest BCUT2D eigenvalue weighted by molar-refractivity contribution is 0.0680. The lowest BCUT2D eigenvalue weighted by atomic mass is 10.1. The van der Waals surface area contributed by atoms with Crippen molar-refractivity contribution in [3.05, 3.63) is 64.7 Å². The zero-order valence-corrected chi connectivity index (χ0v) is 18.1. The van der Waals surface area contributed by atoms with Gasteiger partial charge in [-0.2, -0.15) is 0 Å². The van der Waals surface area contributed by atoms with Gasteiger partial charge in [-0.3, -0.25) is 4.79 Å². The Bertz CT molecular complexity index is 961. The number of ether oxygens (including phenoxy) is 1. The van der Waals surface area contributed by atoms with E-state index in [1.165, 1.54) is 0 Å². The van der Waals surface area contributed by atoms with E-state index in [2.05, 4.69) is 6.92 Å². The molecule has 1 aliphatic heterocycles. The Kier molecular flexibility index (Phi) is 7.19. The van der Waals surface area contributed by atoms with Gasteiger partial charge in [0, 0.05) is 23.2 Å². The summed E-state index contributed by atoms with van der Waals surface area (Å²) in [6.07, 6.45) is 2.41. The van der Waals surface area contributed by atoms with Gasteiger partial charge in [-0.1, -0.05) is 49.2 Å². The van der Waals surface area contributed by atoms with Gasteiger partial charge in [0.2, 0.25) is 0 Å². The molecule has 0 N–H and O–H groups in total. The molecule has 0 radical (unpaired) electrons. The molecule has 0 aliphatic carbocycles. The normalized spacial score (nSPS) is 17.8. The maximum absolute atomic E-state index is 13.4. The van der Waals surface area contributed by atoms with E-state index in [1.54, 1.807) is 29.2 Å². The highest BCUT2D eigenvalue weighted by Crippen LogP contribution is 2.26. The first-order valence-corrected chi connectivity index (χ1v) is 12.1. The molecule has 1 heterocycles. The molecule has 29 heavy (non-hydrogen) atoms. The number of nitrogens with zero attached hydrogens (tertiary/aromatic N) is 1. The Morgan fingerprint density at radius 1 is 1.21 bits per heavy atom. The van der Waals surface area contributed by atoms with Crippen LogP contribution < -0.4 is 4.74 Å². The highest BCUT2D eigenvalue weighted by Gasteiger charge is 2.35. The van der Waals surface area contributed by atoms with Crippen molar-refractivity contribution in [2.45, 2.75) is 38.8 Å². The molecule has 1 fully saturated rings. The van der Waals surface area contributed by atoms with Crippen LogP contribution in [0.3, 0.4) is 0 Å². The van der Waals surface area contributed by atoms with Crippen molar-refractivity contribution < 1.29 is 17.9 Å². The summed E-state index contributed by atoms with van der Waals surface area (Å²) < 4.78 is 29.8. The topological polar surface area (TPSA) is 63.7 Å². The summed E-state index contributed by atoms with van der Waals surface area (Å²) >= 11 is 6.30. The number of rotatable bonds is 8. The Morgan fingerprint density at radius 3 is 2.69 bits per heavy atom. The van der Waals surface area contributed by atoms with Gasteiger partial charge >= 0.3 is 0 Å². The second kappa shape index (κ2) is 9.63.